The van der Waals surface area contributed by atoms with Gasteiger partial charge in [0.2, 0.25) is 65.0 Å². The van der Waals surface area contributed by atoms with Crippen molar-refractivity contribution in [3.05, 3.63) is 59.7 Å². The number of aliphatic carboxylic acids is 2. The van der Waals surface area contributed by atoms with E-state index in [4.69, 9.17) is 17.2 Å². The third-order valence-corrected chi connectivity index (χ3v) is 16.5. The van der Waals surface area contributed by atoms with E-state index in [1.165, 1.54) is 55.5 Å². The number of phenolic OH excluding ortho intramolecular Hbond substituents is 2. The Hall–Kier alpha value is -8.70. The lowest BCUT2D eigenvalue weighted by molar-refractivity contribution is -0.143. The topological polar surface area (TPSA) is 545 Å². The van der Waals surface area contributed by atoms with E-state index in [9.17, 15) is 93.0 Å². The number of aliphatic hydroxyl groups excluding tert-OH is 2. The van der Waals surface area contributed by atoms with Crippen molar-refractivity contribution >= 4 is 89.5 Å². The largest absolute Gasteiger partial charge is 0.508 e. The highest BCUT2D eigenvalue weighted by atomic mass is 32.1. The number of carboxylic acid groups (broad SMARTS) is 2. The standard InChI is InChI=1S/C65H102N14O19S/c1-34(2)28-42(68)54(86)73-47(30-38-15-19-40(82)20-16-38)58(90)74-46(29-35(3)4)60(92)78-53(37(6)81)63(95)72-45(23-24-52(84)85)57(89)71-43(12-7-9-25-66)55(87)70-44(13-8-10-26-67)56(88)75-48(31-39-17-21-41(83)22-18-39)59(91)76-49(32-80)64(96)79-27-11-14-51(79)62(94)77-50(33-99)61(93)69-36(5)65(97)98/h15-22,34-37,42-51,53,80-83,99H,7-14,23-33,66-68H2,1-6H3,(H,69,93)(H,70,87)(H,71,89)(H,72,95)(H,73,86)(H,74,90)(H,75,88)(H,76,91)(H,77,94)(H,78,92)(H,84,85)(H,97,98)/t36-,37+,42-,43-,44-,45-,46-,47-,48-,49-,50-,51-,53-/m0/s1. The van der Waals surface area contributed by atoms with Crippen LogP contribution >= 0.6 is 12.6 Å². The zero-order valence-corrected chi connectivity index (χ0v) is 57.7. The quantitative estimate of drug-likeness (QED) is 0.0228. The van der Waals surface area contributed by atoms with E-state index >= 15 is 0 Å². The average molecular weight is 1420 g/mol. The van der Waals surface area contributed by atoms with Crippen LogP contribution in [0.4, 0.5) is 0 Å². The number of aromatic hydroxyl groups is 2. The molecule has 0 aromatic heterocycles. The van der Waals surface area contributed by atoms with Gasteiger partial charge >= 0.3 is 11.9 Å². The first-order valence-corrected chi connectivity index (χ1v) is 33.8. The highest BCUT2D eigenvalue weighted by molar-refractivity contribution is 7.80. The molecule has 0 radical (unpaired) electrons. The summed E-state index contributed by atoms with van der Waals surface area (Å²) in [6.07, 6.45) is -2.07. The Balaban J connectivity index is 1.94. The molecule has 0 aliphatic carbocycles. The van der Waals surface area contributed by atoms with Gasteiger partial charge in [0.1, 0.15) is 78.0 Å². The molecular formula is C65H102N14O19S. The van der Waals surface area contributed by atoms with Gasteiger partial charge in [0.05, 0.1) is 18.8 Å². The van der Waals surface area contributed by atoms with Crippen LogP contribution in [0.5, 0.6) is 11.5 Å². The molecule has 3 rings (SSSR count). The smallest absolute Gasteiger partial charge is 0.325 e. The van der Waals surface area contributed by atoms with Crippen molar-refractivity contribution in [1.29, 1.82) is 0 Å². The van der Waals surface area contributed by atoms with E-state index in [0.29, 0.717) is 24.0 Å². The maximum atomic E-state index is 14.6. The fraction of sp³-hybridized carbons (Fsp3) is 0.615. The van der Waals surface area contributed by atoms with E-state index in [-0.39, 0.29) is 113 Å². The highest BCUT2D eigenvalue weighted by Crippen LogP contribution is 2.21. The van der Waals surface area contributed by atoms with Crippen molar-refractivity contribution in [2.45, 2.75) is 210 Å². The molecule has 1 aliphatic heterocycles. The second kappa shape index (κ2) is 43.0. The number of nitrogens with one attached hydrogen (secondary N) is 10. The Kier molecular flexibility index (Phi) is 36.7. The predicted molar refractivity (Wildman–Crippen MR) is 363 cm³/mol. The normalized spacial score (nSPS) is 16.5. The molecule has 2 aromatic carbocycles. The highest BCUT2D eigenvalue weighted by Gasteiger charge is 2.41. The number of amides is 11. The molecule has 22 N–H and O–H groups in total. The fourth-order valence-corrected chi connectivity index (χ4v) is 10.9. The van der Waals surface area contributed by atoms with E-state index in [1.54, 1.807) is 13.8 Å². The molecule has 0 spiro atoms. The Bertz CT molecular complexity index is 3040. The SMILES string of the molecule is CC(C)C[C@H](NC(=O)[C@H](Cc1ccc(O)cc1)NC(=O)[C@@H](N)CC(C)C)C(=O)N[C@H](C(=O)N[C@@H](CCC(=O)O)C(=O)N[C@@H](CCCCN)C(=O)N[C@@H](CCCCN)C(=O)N[C@@H](Cc1ccc(O)cc1)C(=O)N[C@@H](CO)C(=O)N1CCC[C@H]1C(=O)N[C@@H](CS)C(=O)N[C@@H](C)C(=O)O)[C@@H](C)O. The van der Waals surface area contributed by atoms with Crippen molar-refractivity contribution in [3.8, 4) is 11.5 Å². The van der Waals surface area contributed by atoms with Gasteiger partial charge < -0.3 is 106 Å². The van der Waals surface area contributed by atoms with E-state index in [0.717, 1.165) is 11.8 Å². The Morgan fingerprint density at radius 1 is 0.515 bits per heavy atom. The van der Waals surface area contributed by atoms with Crippen molar-refractivity contribution in [2.75, 3.05) is 32.0 Å². The lowest BCUT2D eigenvalue weighted by atomic mass is 9.99. The maximum absolute atomic E-state index is 14.6. The van der Waals surface area contributed by atoms with E-state index in [2.05, 4.69) is 65.8 Å². The molecular weight excluding hydrogens is 1310 g/mol. The second-order valence-corrected chi connectivity index (χ2v) is 25.8. The molecule has 552 valence electrons. The van der Waals surface area contributed by atoms with Gasteiger partial charge in [-0.15, -0.1) is 0 Å². The molecule has 99 heavy (non-hydrogen) atoms. The minimum atomic E-state index is -1.87. The van der Waals surface area contributed by atoms with Gasteiger partial charge in [-0.1, -0.05) is 52.0 Å². The van der Waals surface area contributed by atoms with Gasteiger partial charge in [0, 0.05) is 31.6 Å². The number of nitrogens with zero attached hydrogens (tertiary/aromatic N) is 1. The number of phenols is 2. The summed E-state index contributed by atoms with van der Waals surface area (Å²) in [5, 5.41) is 85.6. The van der Waals surface area contributed by atoms with Crippen molar-refractivity contribution in [3.63, 3.8) is 0 Å². The Morgan fingerprint density at radius 3 is 1.36 bits per heavy atom. The number of thiol groups is 1. The summed E-state index contributed by atoms with van der Waals surface area (Å²) in [6, 6.07) is -6.26. The van der Waals surface area contributed by atoms with E-state index in [1.807, 2.05) is 13.8 Å². The first-order valence-electron chi connectivity index (χ1n) is 33.1. The summed E-state index contributed by atoms with van der Waals surface area (Å²) >= 11 is 4.12. The molecule has 0 bridgehead atoms. The zero-order valence-electron chi connectivity index (χ0n) is 56.8. The van der Waals surface area contributed by atoms with Crippen LogP contribution in [0, 0.1) is 11.8 Å². The molecule has 2 aromatic rings. The third kappa shape index (κ3) is 29.3. The number of aliphatic hydroxyl groups is 2. The summed E-state index contributed by atoms with van der Waals surface area (Å²) in [5.74, 6) is -13.8. The van der Waals surface area contributed by atoms with E-state index < -0.39 is 175 Å². The van der Waals surface area contributed by atoms with Crippen molar-refractivity contribution < 1.29 is 93.0 Å². The number of carbonyl (C=O) groups is 13. The number of rotatable bonds is 44. The fourth-order valence-electron chi connectivity index (χ4n) is 10.6. The molecule has 13 atom stereocenters. The van der Waals surface area contributed by atoms with Gasteiger partial charge in [-0.05, 0) is 145 Å². The zero-order chi connectivity index (χ0) is 74.2. The van der Waals surface area contributed by atoms with Crippen LogP contribution in [-0.4, -0.2) is 223 Å². The van der Waals surface area contributed by atoms with Crippen molar-refractivity contribution in [1.82, 2.24) is 58.1 Å². The third-order valence-electron chi connectivity index (χ3n) is 16.1. The van der Waals surface area contributed by atoms with Crippen LogP contribution in [0.15, 0.2) is 48.5 Å². The first kappa shape index (κ1) is 84.5. The van der Waals surface area contributed by atoms with Gasteiger partial charge in [0.15, 0.2) is 0 Å². The minimum absolute atomic E-state index is 0.0191. The van der Waals surface area contributed by atoms with Crippen molar-refractivity contribution in [2.24, 2.45) is 29.0 Å². The van der Waals surface area contributed by atoms with Gasteiger partial charge in [-0.2, -0.15) is 12.6 Å². The monoisotopic (exact) mass is 1410 g/mol. The predicted octanol–water partition coefficient (Wildman–Crippen LogP) is -3.33. The minimum Gasteiger partial charge on any atom is -0.508 e. The molecule has 11 amide bonds. The lowest BCUT2D eigenvalue weighted by Crippen LogP contribution is -2.62. The summed E-state index contributed by atoms with van der Waals surface area (Å²) in [5.41, 5.74) is 18.7. The number of benzene rings is 2. The number of unbranched alkanes of at least 4 members (excludes halogenated alkanes) is 2. The summed E-state index contributed by atoms with van der Waals surface area (Å²) in [7, 11) is 0. The molecule has 1 saturated heterocycles. The molecule has 34 heteroatoms. The molecule has 0 unspecified atom stereocenters. The molecule has 1 heterocycles. The molecule has 0 saturated carbocycles. The van der Waals surface area contributed by atoms with Crippen LogP contribution in [0.2, 0.25) is 0 Å². The van der Waals surface area contributed by atoms with Crippen LogP contribution in [0.25, 0.3) is 0 Å². The summed E-state index contributed by atoms with van der Waals surface area (Å²) in [6.45, 7) is 8.78. The van der Waals surface area contributed by atoms with Crippen LogP contribution in [-0.2, 0) is 75.2 Å². The average Bonchev–Trinajstić information content (AvgIpc) is 1.81. The van der Waals surface area contributed by atoms with Crippen LogP contribution < -0.4 is 70.4 Å². The second-order valence-electron chi connectivity index (χ2n) is 25.4. The number of hydrogen-bond donors (Lipinski definition) is 20. The van der Waals surface area contributed by atoms with Crippen LogP contribution in [0.3, 0.4) is 0 Å². The first-order chi connectivity index (χ1) is 46.7. The molecule has 1 fully saturated rings. The summed E-state index contributed by atoms with van der Waals surface area (Å²) < 4.78 is 0. The van der Waals surface area contributed by atoms with Gasteiger partial charge in [-0.3, -0.25) is 62.3 Å². The molecule has 1 aliphatic rings. The number of carbonyl (C=O) groups excluding carboxylic acids is 11. The Morgan fingerprint density at radius 2 is 0.929 bits per heavy atom. The summed E-state index contributed by atoms with van der Waals surface area (Å²) in [4.78, 5) is 179. The number of nitrogens with two attached hydrogens (primary N) is 3. The van der Waals surface area contributed by atoms with Gasteiger partial charge in [-0.25, -0.2) is 0 Å². The number of hydrogen-bond acceptors (Lipinski definition) is 21. The Labute approximate surface area is 580 Å². The maximum Gasteiger partial charge on any atom is 0.325 e. The lowest BCUT2D eigenvalue weighted by Gasteiger charge is -2.30. The molecule has 33 nitrogen and oxygen atoms in total. The van der Waals surface area contributed by atoms with Crippen LogP contribution in [0.1, 0.15) is 130 Å². The number of likely N-dealkylation sites (tertiary alicyclic amines) is 1. The van der Waals surface area contributed by atoms with Gasteiger partial charge in [0.25, 0.3) is 0 Å². The number of carboxylic acids is 2.